The van der Waals surface area contributed by atoms with E-state index < -0.39 is 11.8 Å². The molecule has 3 aromatic heterocycles. The molecule has 0 saturated heterocycles. The zero-order valence-electron chi connectivity index (χ0n) is 12.2. The molecule has 0 spiro atoms. The number of pyridine rings is 2. The Hall–Kier alpha value is -3.02. The Bertz CT molecular complexity index is 1130. The molecule has 1 aromatic carbocycles. The van der Waals surface area contributed by atoms with E-state index in [1.807, 2.05) is 0 Å². The van der Waals surface area contributed by atoms with Gasteiger partial charge in [-0.25, -0.2) is 9.18 Å². The average molecular weight is 310 g/mol. The monoisotopic (exact) mass is 310 g/mol. The Morgan fingerprint density at radius 3 is 2.91 bits per heavy atom. The molecule has 0 aliphatic heterocycles. The van der Waals surface area contributed by atoms with Crippen LogP contribution < -0.4 is 5.56 Å². The van der Waals surface area contributed by atoms with Crippen molar-refractivity contribution in [2.45, 2.75) is 6.92 Å². The Morgan fingerprint density at radius 1 is 1.30 bits per heavy atom. The first-order valence-electron chi connectivity index (χ1n) is 7.14. The number of esters is 1. The maximum Gasteiger partial charge on any atom is 0.340 e. The van der Waals surface area contributed by atoms with E-state index in [0.29, 0.717) is 27.3 Å². The summed E-state index contributed by atoms with van der Waals surface area (Å²) >= 11 is 0. The number of fused-ring (bicyclic) bond motifs is 3. The number of rotatable bonds is 2. The number of carbonyl (C=O) groups is 1. The summed E-state index contributed by atoms with van der Waals surface area (Å²) < 4.78 is 20.1. The molecular formula is C17H11FN2O3. The summed E-state index contributed by atoms with van der Waals surface area (Å²) in [6.45, 7) is 1.94. The van der Waals surface area contributed by atoms with Gasteiger partial charge in [0.2, 0.25) is 0 Å². The predicted molar refractivity (Wildman–Crippen MR) is 83.6 cm³/mol. The van der Waals surface area contributed by atoms with Gasteiger partial charge in [-0.2, -0.15) is 0 Å². The highest BCUT2D eigenvalue weighted by Crippen LogP contribution is 2.32. The fourth-order valence-electron chi connectivity index (χ4n) is 2.98. The lowest BCUT2D eigenvalue weighted by Crippen LogP contribution is -2.11. The highest BCUT2D eigenvalue weighted by Gasteiger charge is 2.21. The van der Waals surface area contributed by atoms with Crippen LogP contribution in [0.2, 0.25) is 0 Å². The maximum atomic E-state index is 13.7. The van der Waals surface area contributed by atoms with Gasteiger partial charge in [0.05, 0.1) is 28.7 Å². The molecule has 0 bridgehead atoms. The molecule has 0 amide bonds. The second-order valence-corrected chi connectivity index (χ2v) is 5.17. The Balaban J connectivity index is 2.29. The number of halogens is 1. The molecular weight excluding hydrogens is 299 g/mol. The number of ether oxygens (including phenoxy) is 1. The summed E-state index contributed by atoms with van der Waals surface area (Å²) in [6, 6.07) is 7.12. The van der Waals surface area contributed by atoms with Crippen LogP contribution in [0, 0.1) is 5.82 Å². The predicted octanol–water partition coefficient (Wildman–Crippen LogP) is 2.75. The van der Waals surface area contributed by atoms with Gasteiger partial charge in [-0.15, -0.1) is 0 Å². The summed E-state index contributed by atoms with van der Waals surface area (Å²) in [5.41, 5.74) is 1.44. The maximum absolute atomic E-state index is 13.7. The summed E-state index contributed by atoms with van der Waals surface area (Å²) in [6.07, 6.45) is 1.43. The van der Waals surface area contributed by atoms with Gasteiger partial charge in [0.1, 0.15) is 5.82 Å². The standard InChI is InChI=1S/C17H11FN2O3/c1-2-23-17(22)11-8-19-12-5-6-14(21)20-13-7-9(18)3-4-10(13)15(11)16(12)20/h3-8H,2H2,1H3. The minimum atomic E-state index is -0.517. The van der Waals surface area contributed by atoms with E-state index in [2.05, 4.69) is 4.98 Å². The largest absolute Gasteiger partial charge is 0.462 e. The van der Waals surface area contributed by atoms with Crippen molar-refractivity contribution >= 4 is 33.3 Å². The Kier molecular flexibility index (Phi) is 2.81. The van der Waals surface area contributed by atoms with E-state index in [4.69, 9.17) is 4.74 Å². The first-order valence-corrected chi connectivity index (χ1v) is 7.14. The molecule has 5 nitrogen and oxygen atoms in total. The minimum Gasteiger partial charge on any atom is -0.462 e. The van der Waals surface area contributed by atoms with Gasteiger partial charge in [0.25, 0.3) is 5.56 Å². The normalized spacial score (nSPS) is 11.6. The Labute approximate surface area is 129 Å². The molecule has 23 heavy (non-hydrogen) atoms. The van der Waals surface area contributed by atoms with Crippen molar-refractivity contribution in [1.29, 1.82) is 0 Å². The van der Waals surface area contributed by atoms with Crippen LogP contribution in [0.5, 0.6) is 0 Å². The van der Waals surface area contributed by atoms with Crippen molar-refractivity contribution in [2.24, 2.45) is 0 Å². The fraction of sp³-hybridized carbons (Fsp3) is 0.118. The van der Waals surface area contributed by atoms with E-state index in [0.717, 1.165) is 0 Å². The lowest BCUT2D eigenvalue weighted by Gasteiger charge is -2.05. The third kappa shape index (κ3) is 1.81. The molecule has 4 aromatic rings. The molecule has 0 unspecified atom stereocenters. The molecule has 4 rings (SSSR count). The lowest BCUT2D eigenvalue weighted by molar-refractivity contribution is 0.0528. The van der Waals surface area contributed by atoms with Gasteiger partial charge < -0.3 is 4.74 Å². The van der Waals surface area contributed by atoms with Crippen molar-refractivity contribution in [2.75, 3.05) is 6.61 Å². The van der Waals surface area contributed by atoms with Gasteiger partial charge in [0, 0.05) is 23.0 Å². The lowest BCUT2D eigenvalue weighted by atomic mass is 10.1. The van der Waals surface area contributed by atoms with Crippen LogP contribution >= 0.6 is 0 Å². The zero-order chi connectivity index (χ0) is 16.1. The highest BCUT2D eigenvalue weighted by atomic mass is 19.1. The van der Waals surface area contributed by atoms with Crippen LogP contribution in [0.15, 0.2) is 41.3 Å². The van der Waals surface area contributed by atoms with Gasteiger partial charge in [-0.05, 0) is 31.2 Å². The second kappa shape index (κ2) is 4.74. The quantitative estimate of drug-likeness (QED) is 0.534. The van der Waals surface area contributed by atoms with Crippen LogP contribution in [0.1, 0.15) is 17.3 Å². The smallest absolute Gasteiger partial charge is 0.340 e. The number of carbonyl (C=O) groups excluding carboxylic acids is 1. The Morgan fingerprint density at radius 2 is 2.13 bits per heavy atom. The minimum absolute atomic E-state index is 0.230. The van der Waals surface area contributed by atoms with Crippen LogP contribution in [0.4, 0.5) is 4.39 Å². The third-order valence-corrected chi connectivity index (χ3v) is 3.87. The van der Waals surface area contributed by atoms with Crippen LogP contribution in [0.3, 0.4) is 0 Å². The topological polar surface area (TPSA) is 60.7 Å². The van der Waals surface area contributed by atoms with Crippen LogP contribution in [-0.2, 0) is 4.74 Å². The van der Waals surface area contributed by atoms with Gasteiger partial charge in [-0.1, -0.05) is 0 Å². The van der Waals surface area contributed by atoms with Crippen molar-refractivity contribution < 1.29 is 13.9 Å². The van der Waals surface area contributed by atoms with E-state index >= 15 is 0 Å². The van der Waals surface area contributed by atoms with E-state index in [-0.39, 0.29) is 17.7 Å². The van der Waals surface area contributed by atoms with Crippen molar-refractivity contribution in [3.05, 3.63) is 58.3 Å². The highest BCUT2D eigenvalue weighted by molar-refractivity contribution is 6.20. The van der Waals surface area contributed by atoms with E-state index in [9.17, 15) is 14.0 Å². The molecule has 0 N–H and O–H groups in total. The molecule has 3 heterocycles. The number of hydrogen-bond acceptors (Lipinski definition) is 4. The first-order chi connectivity index (χ1) is 11.1. The number of benzene rings is 1. The SMILES string of the molecule is CCOC(=O)c1cnc2ccc(=O)n3c4cc(F)ccc4c1c23. The molecule has 0 atom stereocenters. The molecule has 0 saturated carbocycles. The van der Waals surface area contributed by atoms with Gasteiger partial charge in [0.15, 0.2) is 0 Å². The molecule has 0 aliphatic carbocycles. The molecule has 0 aliphatic rings. The van der Waals surface area contributed by atoms with Crippen molar-refractivity contribution in [3.63, 3.8) is 0 Å². The number of hydrogen-bond donors (Lipinski definition) is 0. The number of nitrogens with zero attached hydrogens (tertiary/aromatic N) is 2. The summed E-state index contributed by atoms with van der Waals surface area (Å²) in [4.78, 5) is 28.7. The van der Waals surface area contributed by atoms with Crippen molar-refractivity contribution in [3.8, 4) is 0 Å². The molecule has 0 fully saturated rings. The summed E-state index contributed by atoms with van der Waals surface area (Å²) in [5, 5.41) is 1.17. The molecule has 0 radical (unpaired) electrons. The van der Waals surface area contributed by atoms with Gasteiger partial charge >= 0.3 is 5.97 Å². The number of aromatic nitrogens is 2. The average Bonchev–Trinajstić information content (AvgIpc) is 2.87. The second-order valence-electron chi connectivity index (χ2n) is 5.17. The fourth-order valence-corrected chi connectivity index (χ4v) is 2.98. The summed E-state index contributed by atoms with van der Waals surface area (Å²) in [5.74, 6) is -0.969. The van der Waals surface area contributed by atoms with Gasteiger partial charge in [-0.3, -0.25) is 14.2 Å². The first kappa shape index (κ1) is 13.6. The third-order valence-electron chi connectivity index (χ3n) is 3.87. The van der Waals surface area contributed by atoms with Crippen molar-refractivity contribution in [1.82, 2.24) is 9.38 Å². The van der Waals surface area contributed by atoms with E-state index in [1.165, 1.54) is 28.8 Å². The van der Waals surface area contributed by atoms with Crippen LogP contribution in [-0.4, -0.2) is 22.0 Å². The molecule has 6 heteroatoms. The van der Waals surface area contributed by atoms with Crippen LogP contribution in [0.25, 0.3) is 27.3 Å². The summed E-state index contributed by atoms with van der Waals surface area (Å²) in [7, 11) is 0. The van der Waals surface area contributed by atoms with E-state index in [1.54, 1.807) is 19.1 Å². The zero-order valence-corrected chi connectivity index (χ0v) is 12.2. The molecule has 114 valence electrons.